The van der Waals surface area contributed by atoms with Crippen LogP contribution in [0.4, 0.5) is 0 Å². The summed E-state index contributed by atoms with van der Waals surface area (Å²) in [5.74, 6) is 0.151. The molecule has 1 amide bonds. The second-order valence-corrected chi connectivity index (χ2v) is 6.10. The van der Waals surface area contributed by atoms with Gasteiger partial charge in [-0.1, -0.05) is 0 Å². The van der Waals surface area contributed by atoms with Gasteiger partial charge < -0.3 is 14.0 Å². The van der Waals surface area contributed by atoms with E-state index in [2.05, 4.69) is 20.2 Å². The summed E-state index contributed by atoms with van der Waals surface area (Å²) >= 11 is 0. The quantitative estimate of drug-likeness (QED) is 0.704. The van der Waals surface area contributed by atoms with E-state index in [4.69, 9.17) is 4.74 Å². The van der Waals surface area contributed by atoms with Crippen molar-refractivity contribution in [3.63, 3.8) is 0 Å². The first-order valence-corrected chi connectivity index (χ1v) is 8.21. The van der Waals surface area contributed by atoms with E-state index in [1.807, 2.05) is 21.7 Å². The first-order chi connectivity index (χ1) is 12.3. The molecule has 128 valence electrons. The SMILES string of the molecule is O=C(c1ccnnc1)N1CCOC[C@@H](Cc2cn3ccnc3cn2)C1. The number of imidazole rings is 1. The van der Waals surface area contributed by atoms with Crippen LogP contribution in [0.2, 0.25) is 0 Å². The highest BCUT2D eigenvalue weighted by Crippen LogP contribution is 2.15. The van der Waals surface area contributed by atoms with Crippen LogP contribution >= 0.6 is 0 Å². The molecule has 0 aliphatic carbocycles. The highest BCUT2D eigenvalue weighted by Gasteiger charge is 2.24. The smallest absolute Gasteiger partial charge is 0.255 e. The van der Waals surface area contributed by atoms with E-state index in [-0.39, 0.29) is 11.8 Å². The average molecular weight is 338 g/mol. The molecule has 1 aliphatic rings. The Morgan fingerprint density at radius 3 is 3.08 bits per heavy atom. The zero-order chi connectivity index (χ0) is 17.1. The number of nitrogens with zero attached hydrogens (tertiary/aromatic N) is 6. The first kappa shape index (κ1) is 15.6. The highest BCUT2D eigenvalue weighted by atomic mass is 16.5. The molecule has 4 heterocycles. The van der Waals surface area contributed by atoms with Gasteiger partial charge in [-0.2, -0.15) is 10.2 Å². The number of amides is 1. The van der Waals surface area contributed by atoms with Gasteiger partial charge in [0.05, 0.1) is 43.1 Å². The second kappa shape index (κ2) is 6.94. The number of rotatable bonds is 3. The van der Waals surface area contributed by atoms with Crippen molar-refractivity contribution in [2.45, 2.75) is 6.42 Å². The van der Waals surface area contributed by atoms with Crippen molar-refractivity contribution in [3.8, 4) is 0 Å². The lowest BCUT2D eigenvalue weighted by atomic mass is 10.0. The van der Waals surface area contributed by atoms with E-state index in [1.54, 1.807) is 18.5 Å². The Labute approximate surface area is 144 Å². The number of carbonyl (C=O) groups is 1. The van der Waals surface area contributed by atoms with Crippen LogP contribution in [0.15, 0.2) is 43.2 Å². The molecular weight excluding hydrogens is 320 g/mol. The number of fused-ring (bicyclic) bond motifs is 1. The van der Waals surface area contributed by atoms with Gasteiger partial charge in [0.1, 0.15) is 0 Å². The molecule has 0 unspecified atom stereocenters. The van der Waals surface area contributed by atoms with Gasteiger partial charge >= 0.3 is 0 Å². The van der Waals surface area contributed by atoms with Crippen LogP contribution in [-0.4, -0.2) is 61.7 Å². The van der Waals surface area contributed by atoms with Crippen molar-refractivity contribution in [2.24, 2.45) is 5.92 Å². The van der Waals surface area contributed by atoms with E-state index in [9.17, 15) is 4.79 Å². The third-order valence-corrected chi connectivity index (χ3v) is 4.29. The summed E-state index contributed by atoms with van der Waals surface area (Å²) < 4.78 is 7.65. The highest BCUT2D eigenvalue weighted by molar-refractivity contribution is 5.93. The molecule has 0 spiro atoms. The van der Waals surface area contributed by atoms with Crippen molar-refractivity contribution in [2.75, 3.05) is 26.3 Å². The molecule has 1 saturated heterocycles. The summed E-state index contributed by atoms with van der Waals surface area (Å²) in [6, 6.07) is 1.69. The van der Waals surface area contributed by atoms with Gasteiger partial charge in [0.15, 0.2) is 5.65 Å². The summed E-state index contributed by atoms with van der Waals surface area (Å²) in [4.78, 5) is 23.2. The molecule has 25 heavy (non-hydrogen) atoms. The molecular formula is C17H18N6O2. The molecule has 3 aromatic rings. The third kappa shape index (κ3) is 3.48. The van der Waals surface area contributed by atoms with Crippen molar-refractivity contribution < 1.29 is 9.53 Å². The first-order valence-electron chi connectivity index (χ1n) is 8.21. The predicted molar refractivity (Wildman–Crippen MR) is 88.9 cm³/mol. The lowest BCUT2D eigenvalue weighted by Gasteiger charge is -2.23. The fourth-order valence-electron chi connectivity index (χ4n) is 3.06. The zero-order valence-electron chi connectivity index (χ0n) is 13.7. The minimum Gasteiger partial charge on any atom is -0.379 e. The Bertz CT molecular complexity index is 866. The maximum atomic E-state index is 12.7. The molecule has 0 saturated carbocycles. The number of hydrogen-bond acceptors (Lipinski definition) is 6. The van der Waals surface area contributed by atoms with Gasteiger partial charge in [0.25, 0.3) is 5.91 Å². The van der Waals surface area contributed by atoms with Crippen molar-refractivity contribution in [3.05, 3.63) is 54.5 Å². The number of ether oxygens (including phenoxy) is 1. The van der Waals surface area contributed by atoms with Crippen LogP contribution in [-0.2, 0) is 11.2 Å². The van der Waals surface area contributed by atoms with E-state index < -0.39 is 0 Å². The van der Waals surface area contributed by atoms with Crippen LogP contribution in [0.3, 0.4) is 0 Å². The number of hydrogen-bond donors (Lipinski definition) is 0. The molecule has 0 bridgehead atoms. The zero-order valence-corrected chi connectivity index (χ0v) is 13.7. The normalized spacial score (nSPS) is 18.2. The lowest BCUT2D eigenvalue weighted by molar-refractivity contribution is 0.0736. The maximum Gasteiger partial charge on any atom is 0.255 e. The van der Waals surface area contributed by atoms with Crippen LogP contribution < -0.4 is 0 Å². The van der Waals surface area contributed by atoms with Gasteiger partial charge in [-0.05, 0) is 12.5 Å². The Hall–Kier alpha value is -2.87. The topological polar surface area (TPSA) is 85.5 Å². The third-order valence-electron chi connectivity index (χ3n) is 4.29. The van der Waals surface area contributed by atoms with E-state index in [0.29, 0.717) is 31.9 Å². The molecule has 0 aromatic carbocycles. The number of carbonyl (C=O) groups excluding carboxylic acids is 1. The second-order valence-electron chi connectivity index (χ2n) is 6.10. The lowest BCUT2D eigenvalue weighted by Crippen LogP contribution is -2.36. The Balaban J connectivity index is 1.48. The minimum absolute atomic E-state index is 0.0385. The van der Waals surface area contributed by atoms with Crippen LogP contribution in [0.5, 0.6) is 0 Å². The minimum atomic E-state index is -0.0385. The molecule has 3 aromatic heterocycles. The maximum absolute atomic E-state index is 12.7. The van der Waals surface area contributed by atoms with Gasteiger partial charge in [-0.25, -0.2) is 4.98 Å². The summed E-state index contributed by atoms with van der Waals surface area (Å²) in [6.45, 7) is 2.35. The van der Waals surface area contributed by atoms with Crippen LogP contribution in [0, 0.1) is 5.92 Å². The fraction of sp³-hybridized carbons (Fsp3) is 0.353. The Morgan fingerprint density at radius 1 is 1.24 bits per heavy atom. The molecule has 8 nitrogen and oxygen atoms in total. The molecule has 4 rings (SSSR count). The standard InChI is InChI=1S/C17H18N6O2/c24-17(14-1-2-20-21-8-14)23-5-6-25-12-13(10-23)7-15-11-22-4-3-18-16(22)9-19-15/h1-4,8-9,11,13H,5-7,10,12H2/t13-/m0/s1. The molecule has 0 N–H and O–H groups in total. The average Bonchev–Trinajstić information content (AvgIpc) is 2.99. The molecule has 0 radical (unpaired) electrons. The van der Waals surface area contributed by atoms with E-state index in [1.165, 1.54) is 12.4 Å². The van der Waals surface area contributed by atoms with Crippen molar-refractivity contribution >= 4 is 11.6 Å². The monoisotopic (exact) mass is 338 g/mol. The van der Waals surface area contributed by atoms with E-state index in [0.717, 1.165) is 17.8 Å². The summed E-state index contributed by atoms with van der Waals surface area (Å²) in [6.07, 6.45) is 11.2. The largest absolute Gasteiger partial charge is 0.379 e. The van der Waals surface area contributed by atoms with Crippen LogP contribution in [0.1, 0.15) is 16.1 Å². The molecule has 1 atom stereocenters. The Kier molecular flexibility index (Phi) is 4.34. The molecule has 1 aliphatic heterocycles. The summed E-state index contributed by atoms with van der Waals surface area (Å²) in [5.41, 5.74) is 2.33. The van der Waals surface area contributed by atoms with Crippen molar-refractivity contribution in [1.82, 2.24) is 29.5 Å². The van der Waals surface area contributed by atoms with Gasteiger partial charge in [-0.15, -0.1) is 0 Å². The van der Waals surface area contributed by atoms with Gasteiger partial charge in [0, 0.05) is 37.6 Å². The summed E-state index contributed by atoms with van der Waals surface area (Å²) in [5, 5.41) is 7.51. The van der Waals surface area contributed by atoms with Gasteiger partial charge in [0.2, 0.25) is 0 Å². The molecule has 1 fully saturated rings. The summed E-state index contributed by atoms with van der Waals surface area (Å²) in [7, 11) is 0. The predicted octanol–water partition coefficient (Wildman–Crippen LogP) is 0.851. The Morgan fingerprint density at radius 2 is 2.20 bits per heavy atom. The number of aromatic nitrogens is 5. The molecule has 8 heteroatoms. The van der Waals surface area contributed by atoms with Gasteiger partial charge in [-0.3, -0.25) is 9.78 Å². The van der Waals surface area contributed by atoms with Crippen molar-refractivity contribution in [1.29, 1.82) is 0 Å². The fourth-order valence-corrected chi connectivity index (χ4v) is 3.06. The van der Waals surface area contributed by atoms with E-state index >= 15 is 0 Å². The van der Waals surface area contributed by atoms with Crippen LogP contribution in [0.25, 0.3) is 5.65 Å².